The molecule has 1 N–H and O–H groups in total. The molecule has 0 radical (unpaired) electrons. The van der Waals surface area contributed by atoms with E-state index >= 15 is 0 Å². The van der Waals surface area contributed by atoms with E-state index in [1.165, 1.54) is 11.6 Å². The maximum Gasteiger partial charge on any atom is 0.269 e. The minimum atomic E-state index is -0.354. The lowest BCUT2D eigenvalue weighted by Crippen LogP contribution is -2.17. The molecule has 1 aliphatic carbocycles. The van der Waals surface area contributed by atoms with E-state index in [2.05, 4.69) is 29.6 Å². The fourth-order valence-electron chi connectivity index (χ4n) is 2.52. The van der Waals surface area contributed by atoms with E-state index in [9.17, 15) is 10.1 Å². The molecule has 1 saturated carbocycles. The predicted octanol–water partition coefficient (Wildman–Crippen LogP) is 3.24. The van der Waals surface area contributed by atoms with E-state index < -0.39 is 0 Å². The zero-order valence-electron chi connectivity index (χ0n) is 11.0. The van der Waals surface area contributed by atoms with Crippen LogP contribution < -0.4 is 5.32 Å². The first kappa shape index (κ1) is 12.8. The molecule has 0 bridgehead atoms. The Bertz CT molecular complexity index is 613. The van der Waals surface area contributed by atoms with Gasteiger partial charge < -0.3 is 5.32 Å². The van der Waals surface area contributed by atoms with Gasteiger partial charge in [0.05, 0.1) is 4.92 Å². The van der Waals surface area contributed by atoms with Crippen LogP contribution in [0.15, 0.2) is 54.6 Å². The van der Waals surface area contributed by atoms with Crippen molar-refractivity contribution in [2.45, 2.75) is 24.9 Å². The highest BCUT2D eigenvalue weighted by Gasteiger charge is 2.37. The quantitative estimate of drug-likeness (QED) is 0.669. The lowest BCUT2D eigenvalue weighted by Gasteiger charge is -2.04. The summed E-state index contributed by atoms with van der Waals surface area (Å²) in [5, 5.41) is 14.2. The van der Waals surface area contributed by atoms with Gasteiger partial charge in [0.1, 0.15) is 0 Å². The molecular weight excluding hydrogens is 252 g/mol. The van der Waals surface area contributed by atoms with Crippen molar-refractivity contribution >= 4 is 5.69 Å². The first-order valence-electron chi connectivity index (χ1n) is 6.76. The first-order chi connectivity index (χ1) is 9.74. The van der Waals surface area contributed by atoms with Gasteiger partial charge in [-0.1, -0.05) is 42.5 Å². The third-order valence-electron chi connectivity index (χ3n) is 3.71. The van der Waals surface area contributed by atoms with Gasteiger partial charge in [0.2, 0.25) is 0 Å². The standard InChI is InChI=1S/C16H16N2O2/c19-18(20)14-8-4-5-12(9-14)11-17-16-10-15(16)13-6-2-1-3-7-13/h1-9,15-17H,10-11H2/t15-,16+/m1/s1. The third kappa shape index (κ3) is 2.86. The number of hydrogen-bond donors (Lipinski definition) is 1. The normalized spacial score (nSPS) is 20.6. The second-order valence-electron chi connectivity index (χ2n) is 5.17. The highest BCUT2D eigenvalue weighted by molar-refractivity contribution is 5.34. The van der Waals surface area contributed by atoms with E-state index in [4.69, 9.17) is 0 Å². The Morgan fingerprint density at radius 2 is 1.95 bits per heavy atom. The van der Waals surface area contributed by atoms with Crippen molar-refractivity contribution in [2.24, 2.45) is 0 Å². The van der Waals surface area contributed by atoms with Crippen molar-refractivity contribution in [1.82, 2.24) is 5.32 Å². The Hall–Kier alpha value is -2.20. The Labute approximate surface area is 117 Å². The van der Waals surface area contributed by atoms with Crippen molar-refractivity contribution in [3.05, 3.63) is 75.8 Å². The number of rotatable bonds is 5. The molecule has 3 rings (SSSR count). The van der Waals surface area contributed by atoms with Gasteiger partial charge in [0, 0.05) is 30.6 Å². The van der Waals surface area contributed by atoms with Crippen molar-refractivity contribution in [3.8, 4) is 0 Å². The molecule has 2 aromatic rings. The molecule has 1 fully saturated rings. The molecule has 0 saturated heterocycles. The molecule has 0 aliphatic heterocycles. The monoisotopic (exact) mass is 268 g/mol. The largest absolute Gasteiger partial charge is 0.309 e. The van der Waals surface area contributed by atoms with Crippen molar-refractivity contribution in [2.75, 3.05) is 0 Å². The van der Waals surface area contributed by atoms with Crippen molar-refractivity contribution in [3.63, 3.8) is 0 Å². The van der Waals surface area contributed by atoms with Crippen LogP contribution in [-0.2, 0) is 6.54 Å². The second kappa shape index (κ2) is 5.43. The Balaban J connectivity index is 1.56. The smallest absolute Gasteiger partial charge is 0.269 e. The van der Waals surface area contributed by atoms with Crippen LogP contribution in [0.5, 0.6) is 0 Å². The maximum atomic E-state index is 10.7. The number of nitrogens with zero attached hydrogens (tertiary/aromatic N) is 1. The molecule has 0 unspecified atom stereocenters. The average molecular weight is 268 g/mol. The molecule has 4 heteroatoms. The molecule has 1 aliphatic rings. The number of hydrogen-bond acceptors (Lipinski definition) is 3. The van der Waals surface area contributed by atoms with Gasteiger partial charge in [-0.25, -0.2) is 0 Å². The zero-order valence-corrected chi connectivity index (χ0v) is 11.0. The molecule has 2 aromatic carbocycles. The first-order valence-corrected chi connectivity index (χ1v) is 6.76. The highest BCUT2D eigenvalue weighted by atomic mass is 16.6. The minimum Gasteiger partial charge on any atom is -0.309 e. The van der Waals surface area contributed by atoms with Crippen LogP contribution in [0.25, 0.3) is 0 Å². The minimum absolute atomic E-state index is 0.153. The summed E-state index contributed by atoms with van der Waals surface area (Å²) in [5.41, 5.74) is 2.47. The molecule has 102 valence electrons. The van der Waals surface area contributed by atoms with E-state index in [0.717, 1.165) is 12.0 Å². The number of non-ortho nitro benzene ring substituents is 1. The summed E-state index contributed by atoms with van der Waals surface area (Å²) in [7, 11) is 0. The number of nitrogens with one attached hydrogen (secondary N) is 1. The van der Waals surface area contributed by atoms with Crippen LogP contribution in [-0.4, -0.2) is 11.0 Å². The van der Waals surface area contributed by atoms with Crippen molar-refractivity contribution < 1.29 is 4.92 Å². The molecule has 0 amide bonds. The van der Waals surface area contributed by atoms with Crippen LogP contribution in [0.4, 0.5) is 5.69 Å². The Morgan fingerprint density at radius 3 is 2.70 bits per heavy atom. The lowest BCUT2D eigenvalue weighted by molar-refractivity contribution is -0.384. The van der Waals surface area contributed by atoms with Crippen LogP contribution >= 0.6 is 0 Å². The summed E-state index contributed by atoms with van der Waals surface area (Å²) in [6.07, 6.45) is 1.14. The molecule has 4 nitrogen and oxygen atoms in total. The van der Waals surface area contributed by atoms with Gasteiger partial charge in [-0.2, -0.15) is 0 Å². The molecule has 0 aromatic heterocycles. The predicted molar refractivity (Wildman–Crippen MR) is 77.5 cm³/mol. The van der Waals surface area contributed by atoms with E-state index in [-0.39, 0.29) is 10.6 Å². The topological polar surface area (TPSA) is 55.2 Å². The van der Waals surface area contributed by atoms with Gasteiger partial charge in [-0.05, 0) is 17.5 Å². The summed E-state index contributed by atoms with van der Waals surface area (Å²) >= 11 is 0. The third-order valence-corrected chi connectivity index (χ3v) is 3.71. The van der Waals surface area contributed by atoms with E-state index in [1.54, 1.807) is 12.1 Å². The molecular formula is C16H16N2O2. The van der Waals surface area contributed by atoms with Gasteiger partial charge in [0.15, 0.2) is 0 Å². The molecule has 0 spiro atoms. The number of nitro groups is 1. The Morgan fingerprint density at radius 1 is 1.15 bits per heavy atom. The van der Waals surface area contributed by atoms with Crippen LogP contribution in [0, 0.1) is 10.1 Å². The van der Waals surface area contributed by atoms with E-state index in [1.807, 2.05) is 12.1 Å². The van der Waals surface area contributed by atoms with E-state index in [0.29, 0.717) is 18.5 Å². The summed E-state index contributed by atoms with van der Waals surface area (Å²) in [6, 6.07) is 17.7. The zero-order chi connectivity index (χ0) is 13.9. The summed E-state index contributed by atoms with van der Waals surface area (Å²) < 4.78 is 0. The Kier molecular flexibility index (Phi) is 3.48. The van der Waals surface area contributed by atoms with Gasteiger partial charge in [0.25, 0.3) is 5.69 Å². The van der Waals surface area contributed by atoms with Crippen LogP contribution in [0.2, 0.25) is 0 Å². The summed E-state index contributed by atoms with van der Waals surface area (Å²) in [6.45, 7) is 0.676. The second-order valence-corrected chi connectivity index (χ2v) is 5.17. The van der Waals surface area contributed by atoms with Gasteiger partial charge in [-0.3, -0.25) is 10.1 Å². The SMILES string of the molecule is O=[N+]([O-])c1cccc(CN[C@H]2C[C@@H]2c2ccccc2)c1. The van der Waals surface area contributed by atoms with Crippen LogP contribution in [0.3, 0.4) is 0 Å². The fraction of sp³-hybridized carbons (Fsp3) is 0.250. The number of benzene rings is 2. The number of nitro benzene ring substituents is 1. The fourth-order valence-corrected chi connectivity index (χ4v) is 2.52. The summed E-state index contributed by atoms with van der Waals surface area (Å²) in [4.78, 5) is 10.4. The molecule has 0 heterocycles. The average Bonchev–Trinajstić information content (AvgIpc) is 3.26. The molecule has 20 heavy (non-hydrogen) atoms. The van der Waals surface area contributed by atoms with Crippen LogP contribution in [0.1, 0.15) is 23.5 Å². The molecule has 2 atom stereocenters. The highest BCUT2D eigenvalue weighted by Crippen LogP contribution is 2.40. The summed E-state index contributed by atoms with van der Waals surface area (Å²) in [5.74, 6) is 0.579. The lowest BCUT2D eigenvalue weighted by atomic mass is 10.1. The maximum absolute atomic E-state index is 10.7. The van der Waals surface area contributed by atoms with Crippen molar-refractivity contribution in [1.29, 1.82) is 0 Å². The van der Waals surface area contributed by atoms with Gasteiger partial charge >= 0.3 is 0 Å². The van der Waals surface area contributed by atoms with Gasteiger partial charge in [-0.15, -0.1) is 0 Å².